The van der Waals surface area contributed by atoms with Gasteiger partial charge in [0.2, 0.25) is 0 Å². The number of hydrogen-bond donors (Lipinski definition) is 0. The molecule has 0 saturated carbocycles. The Morgan fingerprint density at radius 3 is 2.15 bits per heavy atom. The molecule has 0 fully saturated rings. The lowest BCUT2D eigenvalue weighted by Gasteiger charge is -2.08. The Labute approximate surface area is 161 Å². The van der Waals surface area contributed by atoms with E-state index in [0.29, 0.717) is 5.56 Å². The van der Waals surface area contributed by atoms with E-state index in [1.165, 1.54) is 25.7 Å². The standard InChI is InChI=1S/C23H27NO3/c1-2-3-4-5-6-17-26-22-14-12-20(13-15-22)19-8-10-21(11-9-19)23(25)27-18-7-16-24/h8-15H,2-7,17-18H2,1H3. The predicted molar refractivity (Wildman–Crippen MR) is 107 cm³/mol. The van der Waals surface area contributed by atoms with Crippen LogP contribution < -0.4 is 4.74 Å². The molecule has 27 heavy (non-hydrogen) atoms. The van der Waals surface area contributed by atoms with Gasteiger partial charge < -0.3 is 9.47 Å². The van der Waals surface area contributed by atoms with Crippen molar-refractivity contribution in [2.24, 2.45) is 0 Å². The van der Waals surface area contributed by atoms with Gasteiger partial charge in [0.05, 0.1) is 24.7 Å². The number of unbranched alkanes of at least 4 members (excludes halogenated alkanes) is 4. The predicted octanol–water partition coefficient (Wildman–Crippen LogP) is 5.77. The van der Waals surface area contributed by atoms with Crippen molar-refractivity contribution < 1.29 is 14.3 Å². The zero-order chi connectivity index (χ0) is 19.3. The lowest BCUT2D eigenvalue weighted by Crippen LogP contribution is -2.05. The Bertz CT molecular complexity index is 730. The van der Waals surface area contributed by atoms with Crippen LogP contribution in [0.15, 0.2) is 48.5 Å². The number of carbonyl (C=O) groups is 1. The van der Waals surface area contributed by atoms with Gasteiger partial charge in [-0.05, 0) is 41.8 Å². The van der Waals surface area contributed by atoms with Crippen molar-refractivity contribution in [2.45, 2.75) is 45.4 Å². The summed E-state index contributed by atoms with van der Waals surface area (Å²) in [6, 6.07) is 17.2. The third-order valence-electron chi connectivity index (χ3n) is 4.27. The van der Waals surface area contributed by atoms with Crippen LogP contribution >= 0.6 is 0 Å². The molecular formula is C23H27NO3. The van der Waals surface area contributed by atoms with Crippen LogP contribution in [0.2, 0.25) is 0 Å². The van der Waals surface area contributed by atoms with Crippen LogP contribution in [0.3, 0.4) is 0 Å². The van der Waals surface area contributed by atoms with Gasteiger partial charge in [0.25, 0.3) is 0 Å². The maximum absolute atomic E-state index is 11.8. The Balaban J connectivity index is 1.84. The van der Waals surface area contributed by atoms with E-state index in [2.05, 4.69) is 6.92 Å². The molecule has 2 rings (SSSR count). The highest BCUT2D eigenvalue weighted by atomic mass is 16.5. The van der Waals surface area contributed by atoms with Crippen LogP contribution in [0.25, 0.3) is 11.1 Å². The lowest BCUT2D eigenvalue weighted by molar-refractivity contribution is 0.0513. The molecule has 4 heteroatoms. The second-order valence-electron chi connectivity index (χ2n) is 6.41. The van der Waals surface area contributed by atoms with Gasteiger partial charge in [-0.25, -0.2) is 4.79 Å². The van der Waals surface area contributed by atoms with Crippen LogP contribution in [0, 0.1) is 11.3 Å². The minimum Gasteiger partial charge on any atom is -0.494 e. The second-order valence-corrected chi connectivity index (χ2v) is 6.41. The van der Waals surface area contributed by atoms with Crippen molar-refractivity contribution in [3.63, 3.8) is 0 Å². The van der Waals surface area contributed by atoms with E-state index in [1.807, 2.05) is 42.5 Å². The van der Waals surface area contributed by atoms with Gasteiger partial charge in [-0.1, -0.05) is 56.9 Å². The quantitative estimate of drug-likeness (QED) is 0.374. The molecule has 0 aromatic heterocycles. The molecule has 0 atom stereocenters. The average Bonchev–Trinajstić information content (AvgIpc) is 2.71. The highest BCUT2D eigenvalue weighted by Gasteiger charge is 2.07. The fourth-order valence-electron chi connectivity index (χ4n) is 2.71. The third-order valence-corrected chi connectivity index (χ3v) is 4.27. The fraction of sp³-hybridized carbons (Fsp3) is 0.391. The van der Waals surface area contributed by atoms with Gasteiger partial charge >= 0.3 is 5.97 Å². The zero-order valence-electron chi connectivity index (χ0n) is 15.9. The smallest absolute Gasteiger partial charge is 0.338 e. The van der Waals surface area contributed by atoms with E-state index in [1.54, 1.807) is 12.1 Å². The Kier molecular flexibility index (Phi) is 8.92. The van der Waals surface area contributed by atoms with Gasteiger partial charge in [-0.3, -0.25) is 0 Å². The molecule has 4 nitrogen and oxygen atoms in total. The number of nitriles is 1. The summed E-state index contributed by atoms with van der Waals surface area (Å²) in [6.45, 7) is 3.09. The number of nitrogens with zero attached hydrogens (tertiary/aromatic N) is 1. The number of rotatable bonds is 11. The molecule has 0 amide bonds. The topological polar surface area (TPSA) is 59.3 Å². The number of carbonyl (C=O) groups excluding carboxylic acids is 1. The van der Waals surface area contributed by atoms with Gasteiger partial charge in [-0.15, -0.1) is 0 Å². The SMILES string of the molecule is CCCCCCCOc1ccc(-c2ccc(C(=O)OCCC#N)cc2)cc1. The summed E-state index contributed by atoms with van der Waals surface area (Å²) in [7, 11) is 0. The van der Waals surface area contributed by atoms with Gasteiger partial charge in [0.1, 0.15) is 12.4 Å². The molecule has 0 aliphatic rings. The third kappa shape index (κ3) is 7.15. The summed E-state index contributed by atoms with van der Waals surface area (Å²) in [5, 5.41) is 8.47. The summed E-state index contributed by atoms with van der Waals surface area (Å²) in [5.41, 5.74) is 2.57. The van der Waals surface area contributed by atoms with Crippen molar-refractivity contribution in [1.29, 1.82) is 5.26 Å². The van der Waals surface area contributed by atoms with Crippen LogP contribution in [0.4, 0.5) is 0 Å². The van der Waals surface area contributed by atoms with E-state index in [4.69, 9.17) is 14.7 Å². The van der Waals surface area contributed by atoms with Crippen molar-refractivity contribution in [2.75, 3.05) is 13.2 Å². The normalized spacial score (nSPS) is 10.2. The molecule has 2 aromatic rings. The first kappa shape index (κ1) is 20.5. The van der Waals surface area contributed by atoms with Crippen molar-refractivity contribution in [3.8, 4) is 22.9 Å². The molecule has 0 bridgehead atoms. The lowest BCUT2D eigenvalue weighted by atomic mass is 10.0. The second kappa shape index (κ2) is 11.7. The molecule has 0 spiro atoms. The largest absolute Gasteiger partial charge is 0.494 e. The molecule has 0 aliphatic heterocycles. The van der Waals surface area contributed by atoms with Crippen molar-refractivity contribution >= 4 is 5.97 Å². The van der Waals surface area contributed by atoms with Crippen molar-refractivity contribution in [3.05, 3.63) is 54.1 Å². The van der Waals surface area contributed by atoms with E-state index >= 15 is 0 Å². The van der Waals surface area contributed by atoms with Gasteiger partial charge in [-0.2, -0.15) is 5.26 Å². The molecular weight excluding hydrogens is 338 g/mol. The molecule has 0 saturated heterocycles. The minimum atomic E-state index is -0.403. The summed E-state index contributed by atoms with van der Waals surface area (Å²) < 4.78 is 10.8. The molecule has 142 valence electrons. The van der Waals surface area contributed by atoms with E-state index in [9.17, 15) is 4.79 Å². The molecule has 0 heterocycles. The fourth-order valence-corrected chi connectivity index (χ4v) is 2.71. The first-order valence-corrected chi connectivity index (χ1v) is 9.62. The van der Waals surface area contributed by atoms with Crippen LogP contribution in [0.5, 0.6) is 5.75 Å². The molecule has 2 aromatic carbocycles. The van der Waals surface area contributed by atoms with E-state index < -0.39 is 5.97 Å². The van der Waals surface area contributed by atoms with E-state index in [-0.39, 0.29) is 13.0 Å². The number of benzene rings is 2. The highest BCUT2D eigenvalue weighted by Crippen LogP contribution is 2.23. The first-order valence-electron chi connectivity index (χ1n) is 9.62. The maximum Gasteiger partial charge on any atom is 0.338 e. The molecule has 0 unspecified atom stereocenters. The zero-order valence-corrected chi connectivity index (χ0v) is 15.9. The Morgan fingerprint density at radius 1 is 0.889 bits per heavy atom. The van der Waals surface area contributed by atoms with Crippen molar-refractivity contribution in [1.82, 2.24) is 0 Å². The minimum absolute atomic E-state index is 0.122. The highest BCUT2D eigenvalue weighted by molar-refractivity contribution is 5.90. The Morgan fingerprint density at radius 2 is 1.52 bits per heavy atom. The summed E-state index contributed by atoms with van der Waals surface area (Å²) in [6.07, 6.45) is 6.35. The number of hydrogen-bond acceptors (Lipinski definition) is 4. The molecule has 0 N–H and O–H groups in total. The molecule has 0 aliphatic carbocycles. The van der Waals surface area contributed by atoms with Gasteiger partial charge in [0, 0.05) is 0 Å². The number of esters is 1. The van der Waals surface area contributed by atoms with Crippen LogP contribution in [-0.4, -0.2) is 19.2 Å². The first-order chi connectivity index (χ1) is 13.2. The summed E-state index contributed by atoms with van der Waals surface area (Å²) in [5.74, 6) is 0.478. The van der Waals surface area contributed by atoms with E-state index in [0.717, 1.165) is 29.9 Å². The maximum atomic E-state index is 11.8. The summed E-state index contributed by atoms with van der Waals surface area (Å²) >= 11 is 0. The monoisotopic (exact) mass is 365 g/mol. The van der Waals surface area contributed by atoms with Crippen LogP contribution in [-0.2, 0) is 4.74 Å². The molecule has 0 radical (unpaired) electrons. The number of ether oxygens (including phenoxy) is 2. The van der Waals surface area contributed by atoms with Gasteiger partial charge in [0.15, 0.2) is 0 Å². The average molecular weight is 365 g/mol. The summed E-state index contributed by atoms with van der Waals surface area (Å²) in [4.78, 5) is 11.8. The van der Waals surface area contributed by atoms with Crippen LogP contribution in [0.1, 0.15) is 55.8 Å². The Hall–Kier alpha value is -2.80.